The van der Waals surface area contributed by atoms with Crippen LogP contribution in [0.2, 0.25) is 5.02 Å². The number of anilines is 1. The van der Waals surface area contributed by atoms with E-state index in [9.17, 15) is 13.2 Å². The minimum absolute atomic E-state index is 0.0290. The van der Waals surface area contributed by atoms with Gasteiger partial charge >= 0.3 is 0 Å². The second-order valence-electron chi connectivity index (χ2n) is 6.11. The molecule has 26 heavy (non-hydrogen) atoms. The summed E-state index contributed by atoms with van der Waals surface area (Å²) < 4.78 is 27.8. The third-order valence-electron chi connectivity index (χ3n) is 4.15. The number of amides is 1. The molecule has 5 nitrogen and oxygen atoms in total. The Balaban J connectivity index is 1.78. The molecule has 1 aliphatic heterocycles. The summed E-state index contributed by atoms with van der Waals surface area (Å²) in [5.41, 5.74) is 1.27. The van der Waals surface area contributed by atoms with E-state index in [0.717, 1.165) is 22.9 Å². The highest BCUT2D eigenvalue weighted by molar-refractivity contribution is 9.10. The van der Waals surface area contributed by atoms with Crippen molar-refractivity contribution in [1.29, 1.82) is 0 Å². The third kappa shape index (κ3) is 4.46. The molecule has 2 aromatic rings. The first-order valence-corrected chi connectivity index (χ1v) is 10.8. The van der Waals surface area contributed by atoms with E-state index < -0.39 is 10.0 Å². The number of carbonyl (C=O) groups excluding carboxylic acids is 1. The summed E-state index contributed by atoms with van der Waals surface area (Å²) in [5, 5.41) is 2.90. The Morgan fingerprint density at radius 3 is 2.58 bits per heavy atom. The normalized spacial score (nSPS) is 15.2. The zero-order valence-corrected chi connectivity index (χ0v) is 17.1. The predicted molar refractivity (Wildman–Crippen MR) is 106 cm³/mol. The molecular weight excluding hydrogens is 440 g/mol. The lowest BCUT2D eigenvalue weighted by Gasteiger charge is -2.17. The van der Waals surface area contributed by atoms with E-state index >= 15 is 0 Å². The van der Waals surface area contributed by atoms with Crippen molar-refractivity contribution in [3.63, 3.8) is 0 Å². The van der Waals surface area contributed by atoms with E-state index in [1.54, 1.807) is 6.07 Å². The Kier molecular flexibility index (Phi) is 6.02. The Hall–Kier alpha value is -1.41. The lowest BCUT2D eigenvalue weighted by molar-refractivity contribution is -0.115. The summed E-state index contributed by atoms with van der Waals surface area (Å²) in [6, 6.07) is 12.0. The minimum Gasteiger partial charge on any atom is -0.326 e. The van der Waals surface area contributed by atoms with E-state index in [0.29, 0.717) is 18.8 Å². The van der Waals surface area contributed by atoms with Crippen molar-refractivity contribution in [2.24, 2.45) is 0 Å². The Morgan fingerprint density at radius 2 is 1.88 bits per heavy atom. The van der Waals surface area contributed by atoms with Crippen LogP contribution in [0.3, 0.4) is 0 Å². The number of rotatable bonds is 5. The van der Waals surface area contributed by atoms with Gasteiger partial charge in [-0.3, -0.25) is 4.79 Å². The summed E-state index contributed by atoms with van der Waals surface area (Å²) in [6.07, 6.45) is 1.89. The molecule has 0 bridgehead atoms. The lowest BCUT2D eigenvalue weighted by atomic mass is 10.1. The average molecular weight is 458 g/mol. The lowest BCUT2D eigenvalue weighted by Crippen LogP contribution is -2.28. The van der Waals surface area contributed by atoms with Crippen molar-refractivity contribution in [2.75, 3.05) is 18.4 Å². The highest BCUT2D eigenvalue weighted by Crippen LogP contribution is 2.29. The minimum atomic E-state index is -3.65. The van der Waals surface area contributed by atoms with E-state index in [1.807, 2.05) is 24.3 Å². The van der Waals surface area contributed by atoms with Crippen LogP contribution < -0.4 is 5.32 Å². The van der Waals surface area contributed by atoms with Gasteiger partial charge in [-0.1, -0.05) is 39.7 Å². The fraction of sp³-hybridized carbons (Fsp3) is 0.278. The largest absolute Gasteiger partial charge is 0.326 e. The van der Waals surface area contributed by atoms with Gasteiger partial charge in [0, 0.05) is 23.2 Å². The van der Waals surface area contributed by atoms with Crippen LogP contribution in [0, 0.1) is 0 Å². The van der Waals surface area contributed by atoms with E-state index in [2.05, 4.69) is 21.2 Å². The van der Waals surface area contributed by atoms with Gasteiger partial charge in [0.15, 0.2) is 0 Å². The second kappa shape index (κ2) is 8.08. The molecular formula is C18H18BrClN2O3S. The first kappa shape index (κ1) is 19.4. The van der Waals surface area contributed by atoms with Crippen LogP contribution in [0.4, 0.5) is 5.69 Å². The zero-order chi connectivity index (χ0) is 18.7. The molecule has 0 aliphatic carbocycles. The smallest absolute Gasteiger partial charge is 0.244 e. The van der Waals surface area contributed by atoms with Crippen molar-refractivity contribution in [1.82, 2.24) is 4.31 Å². The zero-order valence-electron chi connectivity index (χ0n) is 13.9. The number of sulfonamides is 1. The number of nitrogens with one attached hydrogen (secondary N) is 1. The fourth-order valence-corrected chi connectivity index (χ4v) is 5.35. The average Bonchev–Trinajstić information content (AvgIpc) is 3.12. The highest BCUT2D eigenvalue weighted by atomic mass is 79.9. The van der Waals surface area contributed by atoms with E-state index in [1.165, 1.54) is 16.4 Å². The van der Waals surface area contributed by atoms with Crippen LogP contribution in [0.1, 0.15) is 18.4 Å². The molecule has 1 amide bonds. The summed E-state index contributed by atoms with van der Waals surface area (Å²) in [4.78, 5) is 12.3. The Bertz CT molecular complexity index is 928. The number of benzene rings is 2. The van der Waals surface area contributed by atoms with Crippen LogP contribution in [-0.2, 0) is 21.2 Å². The number of hydrogen-bond acceptors (Lipinski definition) is 3. The molecule has 138 valence electrons. The Morgan fingerprint density at radius 1 is 1.15 bits per heavy atom. The molecule has 0 radical (unpaired) electrons. The number of halogens is 2. The van der Waals surface area contributed by atoms with Crippen molar-refractivity contribution in [3.05, 3.63) is 57.5 Å². The van der Waals surface area contributed by atoms with Gasteiger partial charge in [-0.2, -0.15) is 4.31 Å². The molecule has 1 fully saturated rings. The summed E-state index contributed by atoms with van der Waals surface area (Å²) in [6.45, 7) is 0.996. The SMILES string of the molecule is O=C(Cc1cccc(Br)c1)Nc1ccc(Cl)c(S(=O)(=O)N2CCCC2)c1. The third-order valence-corrected chi connectivity index (χ3v) is 7.02. The van der Waals surface area contributed by atoms with Crippen molar-refractivity contribution in [3.8, 4) is 0 Å². The van der Waals surface area contributed by atoms with Crippen molar-refractivity contribution in [2.45, 2.75) is 24.2 Å². The van der Waals surface area contributed by atoms with Crippen LogP contribution in [0.25, 0.3) is 0 Å². The van der Waals surface area contributed by atoms with Gasteiger partial charge in [-0.05, 0) is 48.7 Å². The number of hydrogen-bond donors (Lipinski definition) is 1. The van der Waals surface area contributed by atoms with Crippen LogP contribution in [-0.4, -0.2) is 31.7 Å². The summed E-state index contributed by atoms with van der Waals surface area (Å²) in [7, 11) is -3.65. The Labute approximate surface area is 166 Å². The van der Waals surface area contributed by atoms with Gasteiger partial charge in [-0.25, -0.2) is 8.42 Å². The molecule has 2 aromatic carbocycles. The molecule has 0 aromatic heterocycles. The maximum absolute atomic E-state index is 12.7. The maximum atomic E-state index is 12.7. The van der Waals surface area contributed by atoms with Crippen molar-refractivity contribution >= 4 is 49.1 Å². The van der Waals surface area contributed by atoms with Crippen LogP contribution >= 0.6 is 27.5 Å². The van der Waals surface area contributed by atoms with Gasteiger partial charge in [0.2, 0.25) is 15.9 Å². The van der Waals surface area contributed by atoms with Crippen molar-refractivity contribution < 1.29 is 13.2 Å². The second-order valence-corrected chi connectivity index (χ2v) is 9.34. The standard InChI is InChI=1S/C18H18BrClN2O3S/c19-14-5-3-4-13(10-14)11-18(23)21-15-6-7-16(20)17(12-15)26(24,25)22-8-1-2-9-22/h3-7,10,12H,1-2,8-9,11H2,(H,21,23). The summed E-state index contributed by atoms with van der Waals surface area (Å²) >= 11 is 9.49. The molecule has 1 N–H and O–H groups in total. The fourth-order valence-electron chi connectivity index (χ4n) is 2.88. The number of carbonyl (C=O) groups is 1. The predicted octanol–water partition coefficient (Wildman–Crippen LogP) is 4.07. The van der Waals surface area contributed by atoms with E-state index in [-0.39, 0.29) is 22.2 Å². The molecule has 1 aliphatic rings. The van der Waals surface area contributed by atoms with Gasteiger partial charge in [0.1, 0.15) is 4.90 Å². The monoisotopic (exact) mass is 456 g/mol. The molecule has 1 saturated heterocycles. The molecule has 3 rings (SSSR count). The molecule has 1 heterocycles. The highest BCUT2D eigenvalue weighted by Gasteiger charge is 2.29. The summed E-state index contributed by atoms with van der Waals surface area (Å²) in [5.74, 6) is -0.227. The number of nitrogens with zero attached hydrogens (tertiary/aromatic N) is 1. The van der Waals surface area contributed by atoms with Gasteiger partial charge < -0.3 is 5.32 Å². The molecule has 8 heteroatoms. The first-order valence-electron chi connectivity index (χ1n) is 8.20. The molecule has 0 atom stereocenters. The maximum Gasteiger partial charge on any atom is 0.244 e. The van der Waals surface area contributed by atoms with Gasteiger partial charge in [0.25, 0.3) is 0 Å². The molecule has 0 spiro atoms. The van der Waals surface area contributed by atoms with Crippen LogP contribution in [0.5, 0.6) is 0 Å². The van der Waals surface area contributed by atoms with Gasteiger partial charge in [0.05, 0.1) is 11.4 Å². The first-order chi connectivity index (χ1) is 12.4. The topological polar surface area (TPSA) is 66.5 Å². The molecule has 0 saturated carbocycles. The van der Waals surface area contributed by atoms with Crippen LogP contribution in [0.15, 0.2) is 51.8 Å². The quantitative estimate of drug-likeness (QED) is 0.736. The van der Waals surface area contributed by atoms with E-state index in [4.69, 9.17) is 11.6 Å². The van der Waals surface area contributed by atoms with Gasteiger partial charge in [-0.15, -0.1) is 0 Å². The molecule has 0 unspecified atom stereocenters.